The highest BCUT2D eigenvalue weighted by molar-refractivity contribution is 7.92. The average Bonchev–Trinajstić information content (AvgIpc) is 2.58. The Hall–Kier alpha value is -2.74. The number of anilines is 1. The van der Waals surface area contributed by atoms with Gasteiger partial charge in [-0.2, -0.15) is 0 Å². The number of nitrogens with zero attached hydrogens (tertiary/aromatic N) is 2. The molecule has 0 saturated carbocycles. The molecule has 0 saturated heterocycles. The molecule has 0 spiro atoms. The lowest BCUT2D eigenvalue weighted by Gasteiger charge is -2.22. The molecule has 0 radical (unpaired) electrons. The Morgan fingerprint density at radius 3 is 2.36 bits per heavy atom. The van der Waals surface area contributed by atoms with Gasteiger partial charge in [-0.1, -0.05) is 6.07 Å². The van der Waals surface area contributed by atoms with Gasteiger partial charge in [0.05, 0.1) is 11.9 Å². The van der Waals surface area contributed by atoms with Crippen LogP contribution in [0, 0.1) is 0 Å². The lowest BCUT2D eigenvalue weighted by Crippen LogP contribution is -2.40. The zero-order valence-corrected chi connectivity index (χ0v) is 14.8. The molecular weight excluding hydrogens is 342 g/mol. The Kier molecular flexibility index (Phi) is 5.87. The van der Waals surface area contributed by atoms with Crippen molar-refractivity contribution in [2.45, 2.75) is 13.5 Å². The third kappa shape index (κ3) is 5.39. The maximum atomic E-state index is 12.1. The van der Waals surface area contributed by atoms with Gasteiger partial charge in [-0.05, 0) is 42.8 Å². The quantitative estimate of drug-likeness (QED) is 0.751. The lowest BCUT2D eigenvalue weighted by atomic mass is 10.1. The molecule has 0 bridgehead atoms. The Labute approximate surface area is 146 Å². The fourth-order valence-corrected chi connectivity index (χ4v) is 3.01. The van der Waals surface area contributed by atoms with Crippen LogP contribution in [-0.2, 0) is 21.4 Å². The third-order valence-corrected chi connectivity index (χ3v) is 4.60. The van der Waals surface area contributed by atoms with Gasteiger partial charge in [-0.25, -0.2) is 8.42 Å². The van der Waals surface area contributed by atoms with Gasteiger partial charge in [0.2, 0.25) is 15.9 Å². The molecule has 132 valence electrons. The molecule has 2 rings (SSSR count). The molecule has 1 aromatic carbocycles. The van der Waals surface area contributed by atoms with E-state index in [4.69, 9.17) is 0 Å². The molecular formula is C17H19N3O4S. The number of ketones is 1. The lowest BCUT2D eigenvalue weighted by molar-refractivity contribution is -0.119. The van der Waals surface area contributed by atoms with Gasteiger partial charge >= 0.3 is 0 Å². The van der Waals surface area contributed by atoms with E-state index in [1.54, 1.807) is 18.5 Å². The van der Waals surface area contributed by atoms with Crippen molar-refractivity contribution in [3.05, 3.63) is 59.9 Å². The summed E-state index contributed by atoms with van der Waals surface area (Å²) in [5.41, 5.74) is 1.61. The molecule has 0 aliphatic heterocycles. The van der Waals surface area contributed by atoms with Crippen LogP contribution in [0.1, 0.15) is 22.8 Å². The molecule has 8 heteroatoms. The van der Waals surface area contributed by atoms with Gasteiger partial charge in [0.1, 0.15) is 6.54 Å². The Bertz CT molecular complexity index is 849. The molecule has 1 heterocycles. The van der Waals surface area contributed by atoms with Crippen molar-refractivity contribution in [1.29, 1.82) is 0 Å². The highest BCUT2D eigenvalue weighted by Crippen LogP contribution is 2.18. The number of hydrogen-bond acceptors (Lipinski definition) is 5. The largest absolute Gasteiger partial charge is 0.350 e. The van der Waals surface area contributed by atoms with Gasteiger partial charge in [-0.15, -0.1) is 0 Å². The van der Waals surface area contributed by atoms with E-state index < -0.39 is 15.9 Å². The summed E-state index contributed by atoms with van der Waals surface area (Å²) in [5.74, 6) is -0.559. The standard InChI is InChI=1S/C17H19N3O4S/c1-13(21)15-5-7-16(8-6-15)20(25(2,23)24)12-17(22)19-11-14-4-3-9-18-10-14/h3-10H,11-12H2,1-2H3,(H,19,22). The molecule has 7 nitrogen and oxygen atoms in total. The minimum absolute atomic E-state index is 0.119. The Morgan fingerprint density at radius 2 is 1.84 bits per heavy atom. The van der Waals surface area contributed by atoms with E-state index in [1.807, 2.05) is 6.07 Å². The van der Waals surface area contributed by atoms with Crippen LogP contribution in [0.2, 0.25) is 0 Å². The summed E-state index contributed by atoms with van der Waals surface area (Å²) in [6.07, 6.45) is 4.27. The smallest absolute Gasteiger partial charge is 0.241 e. The van der Waals surface area contributed by atoms with Crippen molar-refractivity contribution in [3.63, 3.8) is 0 Å². The first kappa shape index (κ1) is 18.6. The molecule has 0 aliphatic rings. The summed E-state index contributed by atoms with van der Waals surface area (Å²) < 4.78 is 25.1. The predicted octanol–water partition coefficient (Wildman–Crippen LogP) is 1.37. The summed E-state index contributed by atoms with van der Waals surface area (Å²) in [7, 11) is -3.65. The fraction of sp³-hybridized carbons (Fsp3) is 0.235. The first-order valence-corrected chi connectivity index (χ1v) is 9.36. The highest BCUT2D eigenvalue weighted by Gasteiger charge is 2.20. The van der Waals surface area contributed by atoms with Crippen LogP contribution in [0.4, 0.5) is 5.69 Å². The number of Topliss-reactive ketones (excluding diaryl/α,β-unsaturated/α-hetero) is 1. The summed E-state index contributed by atoms with van der Waals surface area (Å²) in [6, 6.07) is 9.63. The number of carbonyl (C=O) groups is 2. The number of amides is 1. The number of pyridine rings is 1. The number of rotatable bonds is 7. The number of nitrogens with one attached hydrogen (secondary N) is 1. The SMILES string of the molecule is CC(=O)c1ccc(N(CC(=O)NCc2cccnc2)S(C)(=O)=O)cc1. The van der Waals surface area contributed by atoms with Gasteiger partial charge in [0, 0.05) is 24.5 Å². The second-order valence-corrected chi connectivity index (χ2v) is 7.42. The molecule has 0 atom stereocenters. The molecule has 0 fully saturated rings. The molecule has 1 amide bonds. The van der Waals surface area contributed by atoms with Crippen molar-refractivity contribution in [2.75, 3.05) is 17.1 Å². The first-order chi connectivity index (χ1) is 11.8. The molecule has 2 aromatic rings. The van der Waals surface area contributed by atoms with Crippen LogP contribution in [0.3, 0.4) is 0 Å². The number of sulfonamides is 1. The van der Waals surface area contributed by atoms with Gasteiger partial charge in [-0.3, -0.25) is 18.9 Å². The maximum Gasteiger partial charge on any atom is 0.241 e. The number of benzene rings is 1. The third-order valence-electron chi connectivity index (χ3n) is 3.46. The molecule has 1 N–H and O–H groups in total. The summed E-state index contributed by atoms with van der Waals surface area (Å²) >= 11 is 0. The highest BCUT2D eigenvalue weighted by atomic mass is 32.2. The maximum absolute atomic E-state index is 12.1. The van der Waals surface area contributed by atoms with Crippen molar-refractivity contribution >= 4 is 27.4 Å². The van der Waals surface area contributed by atoms with Gasteiger partial charge in [0.15, 0.2) is 5.78 Å². The van der Waals surface area contributed by atoms with Crippen molar-refractivity contribution < 1.29 is 18.0 Å². The first-order valence-electron chi connectivity index (χ1n) is 7.51. The van der Waals surface area contributed by atoms with E-state index in [0.717, 1.165) is 16.1 Å². The van der Waals surface area contributed by atoms with Crippen LogP contribution in [0.5, 0.6) is 0 Å². The van der Waals surface area contributed by atoms with E-state index >= 15 is 0 Å². The second kappa shape index (κ2) is 7.89. The molecule has 0 unspecified atom stereocenters. The molecule has 0 aliphatic carbocycles. The van der Waals surface area contributed by atoms with Crippen molar-refractivity contribution in [2.24, 2.45) is 0 Å². The van der Waals surface area contributed by atoms with Crippen LogP contribution in [0.15, 0.2) is 48.8 Å². The second-order valence-electron chi connectivity index (χ2n) is 5.51. The van der Waals surface area contributed by atoms with E-state index in [2.05, 4.69) is 10.3 Å². The van der Waals surface area contributed by atoms with Crippen LogP contribution in [0.25, 0.3) is 0 Å². The van der Waals surface area contributed by atoms with Crippen LogP contribution >= 0.6 is 0 Å². The van der Waals surface area contributed by atoms with Crippen molar-refractivity contribution in [3.8, 4) is 0 Å². The van der Waals surface area contributed by atoms with E-state index in [0.29, 0.717) is 11.3 Å². The van der Waals surface area contributed by atoms with E-state index in [1.165, 1.54) is 31.2 Å². The number of aromatic nitrogens is 1. The van der Waals surface area contributed by atoms with Gasteiger partial charge < -0.3 is 5.32 Å². The monoisotopic (exact) mass is 361 g/mol. The normalized spacial score (nSPS) is 11.0. The average molecular weight is 361 g/mol. The van der Waals surface area contributed by atoms with Crippen LogP contribution < -0.4 is 9.62 Å². The van der Waals surface area contributed by atoms with Crippen molar-refractivity contribution in [1.82, 2.24) is 10.3 Å². The minimum Gasteiger partial charge on any atom is -0.350 e. The summed E-state index contributed by atoms with van der Waals surface area (Å²) in [5, 5.41) is 2.66. The Balaban J connectivity index is 2.10. The summed E-state index contributed by atoms with van der Waals surface area (Å²) in [4.78, 5) is 27.4. The summed E-state index contributed by atoms with van der Waals surface area (Å²) in [6.45, 7) is 1.33. The Morgan fingerprint density at radius 1 is 1.16 bits per heavy atom. The fourth-order valence-electron chi connectivity index (χ4n) is 2.15. The minimum atomic E-state index is -3.65. The van der Waals surface area contributed by atoms with Crippen LogP contribution in [-0.4, -0.2) is 37.9 Å². The molecule has 1 aromatic heterocycles. The van der Waals surface area contributed by atoms with E-state index in [9.17, 15) is 18.0 Å². The number of hydrogen-bond donors (Lipinski definition) is 1. The molecule has 25 heavy (non-hydrogen) atoms. The topological polar surface area (TPSA) is 96.4 Å². The zero-order valence-electron chi connectivity index (χ0n) is 14.0. The predicted molar refractivity (Wildman–Crippen MR) is 94.7 cm³/mol. The zero-order chi connectivity index (χ0) is 18.4. The van der Waals surface area contributed by atoms with E-state index in [-0.39, 0.29) is 18.9 Å². The number of carbonyl (C=O) groups excluding carboxylic acids is 2. The van der Waals surface area contributed by atoms with Gasteiger partial charge in [0.25, 0.3) is 0 Å².